The highest BCUT2D eigenvalue weighted by Gasteiger charge is 2.12. The summed E-state index contributed by atoms with van der Waals surface area (Å²) in [5.74, 6) is 0. The Labute approximate surface area is 102 Å². The van der Waals surface area contributed by atoms with E-state index in [0.29, 0.717) is 0 Å². The topological polar surface area (TPSA) is 26.9 Å². The predicted molar refractivity (Wildman–Crippen MR) is 68.9 cm³/mol. The number of hydrogen-bond donors (Lipinski definition) is 0. The van der Waals surface area contributed by atoms with Gasteiger partial charge in [0.25, 0.3) is 5.56 Å². The molecule has 0 atom stereocenters. The molecule has 2 rings (SSSR count). The standard InChI is InChI=1S/C11H11IN2O/c1-8-9(2)13(14(12)11(8)15)10-6-4-3-5-7-10/h3-7H,1-2H3. The van der Waals surface area contributed by atoms with E-state index in [-0.39, 0.29) is 5.56 Å². The van der Waals surface area contributed by atoms with Crippen LogP contribution in [0.5, 0.6) is 0 Å². The molecule has 0 fully saturated rings. The summed E-state index contributed by atoms with van der Waals surface area (Å²) in [6.07, 6.45) is 0. The fraction of sp³-hybridized carbons (Fsp3) is 0.182. The number of rotatable bonds is 1. The predicted octanol–water partition coefficient (Wildman–Crippen LogP) is 2.45. The van der Waals surface area contributed by atoms with Gasteiger partial charge in [0, 0.05) is 11.3 Å². The zero-order valence-corrected chi connectivity index (χ0v) is 10.7. The molecule has 1 aromatic heterocycles. The molecular formula is C11H11IN2O. The van der Waals surface area contributed by atoms with Gasteiger partial charge in [-0.1, -0.05) is 18.2 Å². The van der Waals surface area contributed by atoms with Gasteiger partial charge in [-0.2, -0.15) is 2.90 Å². The summed E-state index contributed by atoms with van der Waals surface area (Å²) < 4.78 is 3.52. The average Bonchev–Trinajstić information content (AvgIpc) is 2.45. The Kier molecular flexibility index (Phi) is 2.68. The van der Waals surface area contributed by atoms with Gasteiger partial charge in [-0.15, -0.1) is 0 Å². The highest BCUT2D eigenvalue weighted by Crippen LogP contribution is 2.13. The lowest BCUT2D eigenvalue weighted by Gasteiger charge is -2.07. The Morgan fingerprint density at radius 3 is 2.20 bits per heavy atom. The maximum atomic E-state index is 11.7. The first-order chi connectivity index (χ1) is 7.13. The summed E-state index contributed by atoms with van der Waals surface area (Å²) in [4.78, 5) is 11.7. The molecule has 1 aromatic carbocycles. The molecule has 0 saturated carbocycles. The lowest BCUT2D eigenvalue weighted by atomic mass is 10.3. The number of nitrogens with zero attached hydrogens (tertiary/aromatic N) is 2. The Bertz CT molecular complexity index is 540. The minimum atomic E-state index is 0.0527. The molecule has 0 aliphatic carbocycles. The molecule has 0 bridgehead atoms. The van der Waals surface area contributed by atoms with E-state index in [9.17, 15) is 4.79 Å². The van der Waals surface area contributed by atoms with Crippen molar-refractivity contribution in [3.8, 4) is 5.69 Å². The van der Waals surface area contributed by atoms with Crippen molar-refractivity contribution >= 4 is 22.9 Å². The van der Waals surface area contributed by atoms with Gasteiger partial charge in [0.2, 0.25) is 0 Å². The Morgan fingerprint density at radius 2 is 1.73 bits per heavy atom. The van der Waals surface area contributed by atoms with Crippen LogP contribution in [0.4, 0.5) is 0 Å². The molecule has 0 unspecified atom stereocenters. The Morgan fingerprint density at radius 1 is 1.13 bits per heavy atom. The van der Waals surface area contributed by atoms with E-state index in [2.05, 4.69) is 0 Å². The zero-order chi connectivity index (χ0) is 11.0. The van der Waals surface area contributed by atoms with Crippen molar-refractivity contribution in [2.45, 2.75) is 13.8 Å². The minimum Gasteiger partial charge on any atom is -0.267 e. The largest absolute Gasteiger partial charge is 0.279 e. The smallest absolute Gasteiger partial charge is 0.267 e. The van der Waals surface area contributed by atoms with E-state index in [4.69, 9.17) is 0 Å². The van der Waals surface area contributed by atoms with Crippen molar-refractivity contribution in [1.82, 2.24) is 7.58 Å². The molecule has 15 heavy (non-hydrogen) atoms. The fourth-order valence-electron chi connectivity index (χ4n) is 1.54. The van der Waals surface area contributed by atoms with E-state index < -0.39 is 0 Å². The number of aromatic nitrogens is 2. The third-order valence-electron chi connectivity index (χ3n) is 2.53. The van der Waals surface area contributed by atoms with Crippen LogP contribution in [0.1, 0.15) is 11.3 Å². The van der Waals surface area contributed by atoms with Crippen LogP contribution < -0.4 is 5.56 Å². The molecule has 78 valence electrons. The molecule has 0 radical (unpaired) electrons. The van der Waals surface area contributed by atoms with Crippen molar-refractivity contribution in [2.75, 3.05) is 0 Å². The van der Waals surface area contributed by atoms with E-state index >= 15 is 0 Å². The van der Waals surface area contributed by atoms with Crippen LogP contribution in [0.25, 0.3) is 5.69 Å². The van der Waals surface area contributed by atoms with Crippen molar-refractivity contribution in [3.05, 3.63) is 51.9 Å². The molecule has 0 aliphatic rings. The highest BCUT2D eigenvalue weighted by atomic mass is 127. The van der Waals surface area contributed by atoms with Crippen LogP contribution in [0.15, 0.2) is 35.1 Å². The van der Waals surface area contributed by atoms with Gasteiger partial charge < -0.3 is 0 Å². The molecule has 0 amide bonds. The third-order valence-corrected chi connectivity index (χ3v) is 3.39. The summed E-state index contributed by atoms with van der Waals surface area (Å²) in [6.45, 7) is 3.81. The SMILES string of the molecule is Cc1c(C)n(-c2ccccc2)n(I)c1=O. The summed E-state index contributed by atoms with van der Waals surface area (Å²) in [6, 6.07) is 9.86. The molecule has 4 heteroatoms. The zero-order valence-electron chi connectivity index (χ0n) is 8.57. The van der Waals surface area contributed by atoms with Crippen LogP contribution in [-0.4, -0.2) is 7.58 Å². The number of para-hydroxylation sites is 1. The molecular weight excluding hydrogens is 303 g/mol. The maximum absolute atomic E-state index is 11.7. The summed E-state index contributed by atoms with van der Waals surface area (Å²) >= 11 is 2.02. The number of hydrogen-bond acceptors (Lipinski definition) is 1. The molecule has 0 aliphatic heterocycles. The lowest BCUT2D eigenvalue weighted by Crippen LogP contribution is -2.13. The molecule has 3 nitrogen and oxygen atoms in total. The third kappa shape index (κ3) is 1.62. The van der Waals surface area contributed by atoms with Crippen molar-refractivity contribution < 1.29 is 0 Å². The number of benzene rings is 1. The highest BCUT2D eigenvalue weighted by molar-refractivity contribution is 14.1. The van der Waals surface area contributed by atoms with Crippen LogP contribution in [-0.2, 0) is 0 Å². The van der Waals surface area contributed by atoms with Gasteiger partial charge in [0.15, 0.2) is 0 Å². The van der Waals surface area contributed by atoms with E-state index in [0.717, 1.165) is 16.9 Å². The monoisotopic (exact) mass is 314 g/mol. The number of halogens is 1. The van der Waals surface area contributed by atoms with Crippen LogP contribution in [0.2, 0.25) is 0 Å². The summed E-state index contributed by atoms with van der Waals surface area (Å²) in [5.41, 5.74) is 2.85. The van der Waals surface area contributed by atoms with Crippen LogP contribution >= 0.6 is 22.9 Å². The normalized spacial score (nSPS) is 10.6. The minimum absolute atomic E-state index is 0.0527. The van der Waals surface area contributed by atoms with Crippen LogP contribution in [0, 0.1) is 13.8 Å². The fourth-order valence-corrected chi connectivity index (χ4v) is 2.47. The molecule has 0 N–H and O–H groups in total. The second kappa shape index (κ2) is 3.84. The molecule has 0 saturated heterocycles. The molecule has 0 spiro atoms. The maximum Gasteiger partial charge on any atom is 0.279 e. The van der Waals surface area contributed by atoms with Gasteiger partial charge in [0.1, 0.15) is 0 Å². The molecule has 2 aromatic rings. The van der Waals surface area contributed by atoms with Crippen molar-refractivity contribution in [3.63, 3.8) is 0 Å². The lowest BCUT2D eigenvalue weighted by molar-refractivity contribution is 0.812. The average molecular weight is 314 g/mol. The Hall–Kier alpha value is -1.04. The van der Waals surface area contributed by atoms with Gasteiger partial charge in [-0.3, -0.25) is 4.79 Å². The van der Waals surface area contributed by atoms with Gasteiger partial charge in [-0.05, 0) is 26.0 Å². The molecule has 1 heterocycles. The van der Waals surface area contributed by atoms with Gasteiger partial charge in [0.05, 0.1) is 28.6 Å². The van der Waals surface area contributed by atoms with Crippen molar-refractivity contribution in [1.29, 1.82) is 0 Å². The summed E-state index contributed by atoms with van der Waals surface area (Å²) in [7, 11) is 0. The van der Waals surface area contributed by atoms with E-state index in [1.165, 1.54) is 0 Å². The Balaban J connectivity index is 2.75. The second-order valence-corrected chi connectivity index (χ2v) is 4.34. The summed E-state index contributed by atoms with van der Waals surface area (Å²) in [5, 5.41) is 0. The van der Waals surface area contributed by atoms with Crippen molar-refractivity contribution in [2.24, 2.45) is 0 Å². The quantitative estimate of drug-likeness (QED) is 0.743. The van der Waals surface area contributed by atoms with Crippen LogP contribution in [0.3, 0.4) is 0 Å². The first-order valence-corrected chi connectivity index (χ1v) is 5.62. The second-order valence-electron chi connectivity index (χ2n) is 3.42. The van der Waals surface area contributed by atoms with E-state index in [1.54, 1.807) is 2.90 Å². The van der Waals surface area contributed by atoms with Gasteiger partial charge >= 0.3 is 0 Å². The van der Waals surface area contributed by atoms with E-state index in [1.807, 2.05) is 71.7 Å². The first-order valence-electron chi connectivity index (χ1n) is 4.65. The first kappa shape index (κ1) is 10.5. The van der Waals surface area contributed by atoms with Gasteiger partial charge in [-0.25, -0.2) is 4.68 Å².